The maximum Gasteiger partial charge on any atom is 0.147 e. The molecule has 3 heterocycles. The average Bonchev–Trinajstić information content (AvgIpc) is 3.05. The van der Waals surface area contributed by atoms with Crippen LogP contribution in [0.25, 0.3) is 38.5 Å². The molecule has 0 aliphatic heterocycles. The molecule has 3 aromatic heterocycles. The molecule has 0 aliphatic carbocycles. The highest BCUT2D eigenvalue weighted by molar-refractivity contribution is 6.08. The largest absolute Gasteiger partial charge is 0.328 e. The molecule has 0 N–H and O–H groups in total. The minimum Gasteiger partial charge on any atom is -0.328 e. The summed E-state index contributed by atoms with van der Waals surface area (Å²) in [5.74, 6) is 0. The minimum absolute atomic E-state index is 1.03. The molecule has 3 heteroatoms. The molecule has 2 aromatic carbocycles. The molecule has 0 atom stereocenters. The number of aromatic nitrogens is 3. The molecule has 0 amide bonds. The van der Waals surface area contributed by atoms with Crippen molar-refractivity contribution in [2.45, 2.75) is 0 Å². The lowest BCUT2D eigenvalue weighted by molar-refractivity contribution is 0.975. The fourth-order valence-corrected chi connectivity index (χ4v) is 3.34. The Hall–Kier alpha value is -2.81. The Kier molecular flexibility index (Phi) is 1.89. The van der Waals surface area contributed by atoms with Gasteiger partial charge in [-0.3, -0.25) is 4.40 Å². The first-order valence-electron chi connectivity index (χ1n) is 7.07. The average molecular weight is 271 g/mol. The molecule has 0 spiro atoms. The van der Waals surface area contributed by atoms with Gasteiger partial charge in [-0.05, 0) is 17.5 Å². The number of hydrogen-bond donors (Lipinski definition) is 0. The number of pyridine rings is 1. The summed E-state index contributed by atoms with van der Waals surface area (Å²) < 4.78 is 4.41. The van der Waals surface area contributed by atoms with Gasteiger partial charge in [0.25, 0.3) is 0 Å². The molecule has 5 rings (SSSR count). The predicted octanol–water partition coefficient (Wildman–Crippen LogP) is 4.13. The lowest BCUT2D eigenvalue weighted by atomic mass is 10.2. The molecule has 0 fully saturated rings. The van der Waals surface area contributed by atoms with E-state index in [0.717, 1.165) is 16.8 Å². The van der Waals surface area contributed by atoms with Crippen molar-refractivity contribution in [1.82, 2.24) is 14.0 Å². The molecule has 5 aromatic rings. The van der Waals surface area contributed by atoms with Crippen molar-refractivity contribution in [3.63, 3.8) is 0 Å². The molecule has 0 radical (unpaired) electrons. The number of nitrogens with zero attached hydrogens (tertiary/aromatic N) is 3. The monoisotopic (exact) mass is 271 g/mol. The zero-order valence-corrected chi connectivity index (χ0v) is 11.6. The van der Waals surface area contributed by atoms with Crippen LogP contribution in [0.2, 0.25) is 0 Å². The second-order valence-corrected chi connectivity index (χ2v) is 5.46. The number of imidazole rings is 1. The third-order valence-corrected chi connectivity index (χ3v) is 4.33. The molecule has 0 bridgehead atoms. The fourth-order valence-electron chi connectivity index (χ4n) is 3.34. The van der Waals surface area contributed by atoms with Gasteiger partial charge in [-0.2, -0.15) is 0 Å². The Balaban J connectivity index is 2.12. The van der Waals surface area contributed by atoms with Gasteiger partial charge in [0.1, 0.15) is 16.8 Å². The lowest BCUT2D eigenvalue weighted by Crippen LogP contribution is -1.93. The van der Waals surface area contributed by atoms with Crippen molar-refractivity contribution < 1.29 is 0 Å². The van der Waals surface area contributed by atoms with Crippen molar-refractivity contribution in [1.29, 1.82) is 0 Å². The molecule has 100 valence electrons. The van der Waals surface area contributed by atoms with E-state index in [1.54, 1.807) is 0 Å². The highest BCUT2D eigenvalue weighted by atomic mass is 15.1. The number of hydrogen-bond acceptors (Lipinski definition) is 1. The Labute approximate surface area is 121 Å². The zero-order chi connectivity index (χ0) is 14.0. The van der Waals surface area contributed by atoms with Crippen molar-refractivity contribution in [3.8, 4) is 0 Å². The van der Waals surface area contributed by atoms with E-state index in [2.05, 4.69) is 76.8 Å². The van der Waals surface area contributed by atoms with E-state index in [-0.39, 0.29) is 0 Å². The van der Waals surface area contributed by atoms with E-state index < -0.39 is 0 Å². The Morgan fingerprint density at radius 3 is 2.52 bits per heavy atom. The second-order valence-electron chi connectivity index (χ2n) is 5.46. The van der Waals surface area contributed by atoms with E-state index in [1.165, 1.54) is 21.7 Å². The van der Waals surface area contributed by atoms with Gasteiger partial charge >= 0.3 is 0 Å². The Bertz CT molecular complexity index is 1140. The van der Waals surface area contributed by atoms with E-state index in [0.29, 0.717) is 0 Å². The van der Waals surface area contributed by atoms with Crippen LogP contribution in [0.15, 0.2) is 60.8 Å². The zero-order valence-electron chi connectivity index (χ0n) is 11.6. The first-order valence-corrected chi connectivity index (χ1v) is 7.07. The maximum absolute atomic E-state index is 4.93. The summed E-state index contributed by atoms with van der Waals surface area (Å²) in [5, 5.41) is 3.63. The summed E-state index contributed by atoms with van der Waals surface area (Å²) in [6.07, 6.45) is 2.12. The van der Waals surface area contributed by atoms with Crippen LogP contribution in [-0.4, -0.2) is 14.0 Å². The highest BCUT2D eigenvalue weighted by Crippen LogP contribution is 2.30. The molecular weight excluding hydrogens is 258 g/mol. The van der Waals surface area contributed by atoms with Gasteiger partial charge in [0, 0.05) is 24.0 Å². The maximum atomic E-state index is 4.93. The van der Waals surface area contributed by atoms with Gasteiger partial charge < -0.3 is 4.57 Å². The predicted molar refractivity (Wildman–Crippen MR) is 86.7 cm³/mol. The standard InChI is InChI=1S/C18H13N3/c1-20-15-9-5-4-8-14(15)16-18(20)21-11-10-12-6-2-3-7-13(12)17(21)19-16/h2-11H,1H3. The van der Waals surface area contributed by atoms with Crippen molar-refractivity contribution in [2.24, 2.45) is 7.05 Å². The van der Waals surface area contributed by atoms with Crippen LogP contribution < -0.4 is 0 Å². The number of rotatable bonds is 0. The first kappa shape index (κ1) is 10.9. The van der Waals surface area contributed by atoms with Crippen LogP contribution >= 0.6 is 0 Å². The lowest BCUT2D eigenvalue weighted by Gasteiger charge is -2.03. The van der Waals surface area contributed by atoms with Gasteiger partial charge in [-0.1, -0.05) is 42.5 Å². The van der Waals surface area contributed by atoms with Crippen LogP contribution in [-0.2, 0) is 7.05 Å². The first-order chi connectivity index (χ1) is 10.3. The van der Waals surface area contributed by atoms with Crippen LogP contribution in [0, 0.1) is 0 Å². The third-order valence-electron chi connectivity index (χ3n) is 4.33. The van der Waals surface area contributed by atoms with Crippen LogP contribution in [0.3, 0.4) is 0 Å². The van der Waals surface area contributed by atoms with Crippen molar-refractivity contribution >= 4 is 38.5 Å². The molecular formula is C18H13N3. The van der Waals surface area contributed by atoms with E-state index >= 15 is 0 Å². The summed E-state index contributed by atoms with van der Waals surface area (Å²) in [7, 11) is 2.11. The number of benzene rings is 2. The quantitative estimate of drug-likeness (QED) is 0.415. The molecule has 0 unspecified atom stereocenters. The van der Waals surface area contributed by atoms with Gasteiger partial charge in [0.15, 0.2) is 0 Å². The highest BCUT2D eigenvalue weighted by Gasteiger charge is 2.15. The topological polar surface area (TPSA) is 22.2 Å². The minimum atomic E-state index is 1.03. The summed E-state index contributed by atoms with van der Waals surface area (Å²) in [6.45, 7) is 0. The van der Waals surface area contributed by atoms with E-state index in [1.807, 2.05) is 0 Å². The third kappa shape index (κ3) is 1.26. The SMILES string of the molecule is Cn1c2ccccc2c2nc3c4ccccc4ccn3c21. The van der Waals surface area contributed by atoms with Crippen LogP contribution in [0.1, 0.15) is 0 Å². The molecule has 0 aliphatic rings. The molecule has 0 saturated carbocycles. The summed E-state index contributed by atoms with van der Waals surface area (Å²) in [5.41, 5.74) is 4.47. The molecule has 0 saturated heterocycles. The van der Waals surface area contributed by atoms with Gasteiger partial charge in [-0.15, -0.1) is 0 Å². The fraction of sp³-hybridized carbons (Fsp3) is 0.0556. The summed E-state index contributed by atoms with van der Waals surface area (Å²) >= 11 is 0. The smallest absolute Gasteiger partial charge is 0.147 e. The van der Waals surface area contributed by atoms with E-state index in [4.69, 9.17) is 4.98 Å². The number of fused-ring (bicyclic) bond motifs is 7. The van der Waals surface area contributed by atoms with Crippen LogP contribution in [0.4, 0.5) is 0 Å². The van der Waals surface area contributed by atoms with Crippen molar-refractivity contribution in [2.75, 3.05) is 0 Å². The number of aryl methyl sites for hydroxylation is 1. The van der Waals surface area contributed by atoms with Crippen LogP contribution in [0.5, 0.6) is 0 Å². The van der Waals surface area contributed by atoms with Gasteiger partial charge in [0.05, 0.1) is 5.52 Å². The van der Waals surface area contributed by atoms with E-state index in [9.17, 15) is 0 Å². The Morgan fingerprint density at radius 1 is 0.857 bits per heavy atom. The number of para-hydroxylation sites is 1. The van der Waals surface area contributed by atoms with Crippen molar-refractivity contribution in [3.05, 3.63) is 60.8 Å². The normalized spacial score (nSPS) is 12.0. The summed E-state index contributed by atoms with van der Waals surface area (Å²) in [4.78, 5) is 4.93. The molecule has 3 nitrogen and oxygen atoms in total. The molecule has 21 heavy (non-hydrogen) atoms. The van der Waals surface area contributed by atoms with Gasteiger partial charge in [-0.25, -0.2) is 4.98 Å². The second kappa shape index (κ2) is 3.64. The Morgan fingerprint density at radius 2 is 1.62 bits per heavy atom. The van der Waals surface area contributed by atoms with Gasteiger partial charge in [0.2, 0.25) is 0 Å². The summed E-state index contributed by atoms with van der Waals surface area (Å²) in [6, 6.07) is 19.0.